The second kappa shape index (κ2) is 18.1. The van der Waals surface area contributed by atoms with Gasteiger partial charge in [0.15, 0.2) is 18.2 Å². The van der Waals surface area contributed by atoms with E-state index in [1.165, 1.54) is 12.1 Å². The average molecular weight is 664 g/mol. The summed E-state index contributed by atoms with van der Waals surface area (Å²) in [6.45, 7) is 4.16. The van der Waals surface area contributed by atoms with Crippen LogP contribution in [0.15, 0.2) is 65.3 Å². The molecule has 1 fully saturated rings. The van der Waals surface area contributed by atoms with E-state index in [-0.39, 0.29) is 11.8 Å². The number of nitrogens with zero attached hydrogens (tertiary/aromatic N) is 2. The van der Waals surface area contributed by atoms with Crippen molar-refractivity contribution in [1.82, 2.24) is 15.1 Å². The van der Waals surface area contributed by atoms with Crippen LogP contribution in [-0.4, -0.2) is 81.2 Å². The lowest BCUT2D eigenvalue weighted by Crippen LogP contribution is -2.58. The molecule has 1 aromatic heterocycles. The van der Waals surface area contributed by atoms with Gasteiger partial charge in [0.2, 0.25) is 0 Å². The van der Waals surface area contributed by atoms with Gasteiger partial charge in [-0.1, -0.05) is 31.5 Å². The van der Waals surface area contributed by atoms with Crippen molar-refractivity contribution in [1.29, 1.82) is 0 Å². The Hall–Kier alpha value is -3.61. The number of carbonyl (C=O) groups excluding carboxylic acids is 1. The zero-order valence-corrected chi connectivity index (χ0v) is 27.1. The minimum atomic E-state index is -4.59. The molecule has 2 unspecified atom stereocenters. The van der Waals surface area contributed by atoms with E-state index in [9.17, 15) is 22.4 Å². The zero-order chi connectivity index (χ0) is 33.6. The lowest BCUT2D eigenvalue weighted by molar-refractivity contribution is -0.153. The van der Waals surface area contributed by atoms with Gasteiger partial charge in [-0.3, -0.25) is 14.6 Å². The van der Waals surface area contributed by atoms with Gasteiger partial charge in [-0.15, -0.1) is 0 Å². The quantitative estimate of drug-likeness (QED) is 0.0926. The molecule has 47 heavy (non-hydrogen) atoms. The van der Waals surface area contributed by atoms with Gasteiger partial charge in [-0.25, -0.2) is 4.39 Å². The standard InChI is InChI=1S/C35H45F4N3O5/c1-3-4-17-45-29-8-5-7-26(20-29)12-16-42(23-30-9-6-18-46-30)34(33(43)40-2)41(22-28-14-19-44-24-28)15-13-27-10-11-31(36)32(21-27)47-25-35(37,38)39/h5-11,18,20-21,28,34H,3-4,12-17,19,22-25H2,1-2H3,(H,40,43). The Balaban J connectivity index is 1.58. The van der Waals surface area contributed by atoms with Crippen molar-refractivity contribution in [3.63, 3.8) is 0 Å². The largest absolute Gasteiger partial charge is 0.494 e. The summed E-state index contributed by atoms with van der Waals surface area (Å²) in [5, 5.41) is 2.83. The lowest BCUT2D eigenvalue weighted by Gasteiger charge is -2.39. The zero-order valence-electron chi connectivity index (χ0n) is 27.1. The number of likely N-dealkylation sites (N-methyl/N-ethyl adjacent to an activating group) is 1. The van der Waals surface area contributed by atoms with Gasteiger partial charge in [-0.05, 0) is 79.1 Å². The fourth-order valence-corrected chi connectivity index (χ4v) is 5.60. The fraction of sp³-hybridized carbons (Fsp3) is 0.514. The topological polar surface area (TPSA) is 76.4 Å². The Morgan fingerprint density at radius 2 is 1.83 bits per heavy atom. The molecule has 1 saturated heterocycles. The van der Waals surface area contributed by atoms with Gasteiger partial charge in [-0.2, -0.15) is 13.2 Å². The number of amides is 1. The summed E-state index contributed by atoms with van der Waals surface area (Å²) in [7, 11) is 1.60. The number of carbonyl (C=O) groups is 1. The highest BCUT2D eigenvalue weighted by Crippen LogP contribution is 2.25. The molecular weight excluding hydrogens is 618 g/mol. The van der Waals surface area contributed by atoms with Crippen molar-refractivity contribution in [2.75, 3.05) is 53.1 Å². The molecular formula is C35H45F4N3O5. The van der Waals surface area contributed by atoms with E-state index < -0.39 is 30.5 Å². The Labute approximate surface area is 274 Å². The van der Waals surface area contributed by atoms with Gasteiger partial charge in [0.1, 0.15) is 17.7 Å². The van der Waals surface area contributed by atoms with Crippen LogP contribution in [0.4, 0.5) is 17.6 Å². The van der Waals surface area contributed by atoms with Crippen molar-refractivity contribution in [2.45, 2.75) is 57.9 Å². The molecule has 0 radical (unpaired) electrons. The molecule has 0 saturated carbocycles. The van der Waals surface area contributed by atoms with Crippen LogP contribution >= 0.6 is 0 Å². The first-order chi connectivity index (χ1) is 22.6. The maximum absolute atomic E-state index is 14.3. The monoisotopic (exact) mass is 663 g/mol. The first-order valence-corrected chi connectivity index (χ1v) is 16.1. The predicted octanol–water partition coefficient (Wildman–Crippen LogP) is 6.24. The van der Waals surface area contributed by atoms with E-state index in [4.69, 9.17) is 18.6 Å². The highest BCUT2D eigenvalue weighted by Gasteiger charge is 2.34. The molecule has 1 aliphatic rings. The van der Waals surface area contributed by atoms with Gasteiger partial charge >= 0.3 is 6.18 Å². The molecule has 8 nitrogen and oxygen atoms in total. The van der Waals surface area contributed by atoms with E-state index in [0.29, 0.717) is 70.2 Å². The summed E-state index contributed by atoms with van der Waals surface area (Å²) in [5.74, 6) is 0.148. The van der Waals surface area contributed by atoms with E-state index in [1.807, 2.05) is 30.3 Å². The van der Waals surface area contributed by atoms with Crippen LogP contribution < -0.4 is 14.8 Å². The van der Waals surface area contributed by atoms with Crippen LogP contribution in [0.1, 0.15) is 43.1 Å². The summed E-state index contributed by atoms with van der Waals surface area (Å²) in [5.41, 5.74) is 1.65. The SMILES string of the molecule is CCCCOc1cccc(CCN(Cc2ccco2)C(C(=O)NC)N(CCc2ccc(F)c(OCC(F)(F)F)c2)CC2CCOC2)c1. The molecule has 0 bridgehead atoms. The smallest absolute Gasteiger partial charge is 0.422 e. The third kappa shape index (κ3) is 11.9. The minimum absolute atomic E-state index is 0.184. The molecule has 2 heterocycles. The molecule has 0 aliphatic carbocycles. The maximum atomic E-state index is 14.3. The highest BCUT2D eigenvalue weighted by atomic mass is 19.4. The Morgan fingerprint density at radius 1 is 1.04 bits per heavy atom. The molecule has 1 N–H and O–H groups in total. The van der Waals surface area contributed by atoms with E-state index >= 15 is 0 Å². The number of alkyl halides is 3. The fourth-order valence-electron chi connectivity index (χ4n) is 5.60. The summed E-state index contributed by atoms with van der Waals surface area (Å²) < 4.78 is 74.6. The molecule has 2 atom stereocenters. The second-order valence-electron chi connectivity index (χ2n) is 11.8. The van der Waals surface area contributed by atoms with Gasteiger partial charge in [0.05, 0.1) is 26.0 Å². The maximum Gasteiger partial charge on any atom is 0.422 e. The average Bonchev–Trinajstić information content (AvgIpc) is 3.77. The van der Waals surface area contributed by atoms with Crippen molar-refractivity contribution in [2.24, 2.45) is 5.92 Å². The first-order valence-electron chi connectivity index (χ1n) is 16.1. The highest BCUT2D eigenvalue weighted by molar-refractivity contribution is 5.81. The van der Waals surface area contributed by atoms with Crippen molar-refractivity contribution in [3.8, 4) is 11.5 Å². The van der Waals surface area contributed by atoms with Crippen molar-refractivity contribution in [3.05, 3.63) is 83.6 Å². The number of halogens is 4. The van der Waals surface area contributed by atoms with Crippen molar-refractivity contribution < 1.29 is 41.0 Å². The summed E-state index contributed by atoms with van der Waals surface area (Å²) >= 11 is 0. The number of benzene rings is 2. The molecule has 3 aromatic rings. The molecule has 0 spiro atoms. The van der Waals surface area contributed by atoms with Crippen LogP contribution in [0, 0.1) is 11.7 Å². The van der Waals surface area contributed by atoms with Gasteiger partial charge in [0.25, 0.3) is 5.91 Å². The number of hydrogen-bond acceptors (Lipinski definition) is 7. The second-order valence-corrected chi connectivity index (χ2v) is 11.8. The normalized spacial score (nSPS) is 15.7. The third-order valence-electron chi connectivity index (χ3n) is 8.06. The number of rotatable bonds is 19. The lowest BCUT2D eigenvalue weighted by atomic mass is 10.1. The van der Waals surface area contributed by atoms with E-state index in [2.05, 4.69) is 22.0 Å². The Morgan fingerprint density at radius 3 is 2.51 bits per heavy atom. The van der Waals surface area contributed by atoms with Crippen LogP contribution in [0.3, 0.4) is 0 Å². The predicted molar refractivity (Wildman–Crippen MR) is 170 cm³/mol. The number of unbranched alkanes of at least 4 members (excludes halogenated alkanes) is 1. The summed E-state index contributed by atoms with van der Waals surface area (Å²) in [4.78, 5) is 17.9. The van der Waals surface area contributed by atoms with Crippen LogP contribution in [0.2, 0.25) is 0 Å². The minimum Gasteiger partial charge on any atom is -0.494 e. The van der Waals surface area contributed by atoms with Gasteiger partial charge in [0, 0.05) is 33.3 Å². The number of furan rings is 1. The third-order valence-corrected chi connectivity index (χ3v) is 8.06. The van der Waals surface area contributed by atoms with Crippen LogP contribution in [0.25, 0.3) is 0 Å². The molecule has 1 amide bonds. The van der Waals surface area contributed by atoms with Crippen LogP contribution in [-0.2, 0) is 28.9 Å². The Bertz CT molecular complexity index is 1370. The Kier molecular flexibility index (Phi) is 13.9. The molecule has 12 heteroatoms. The summed E-state index contributed by atoms with van der Waals surface area (Å²) in [6.07, 6.45) is 0.121. The van der Waals surface area contributed by atoms with Crippen LogP contribution in [0.5, 0.6) is 11.5 Å². The molecule has 4 rings (SSSR count). The van der Waals surface area contributed by atoms with E-state index in [0.717, 1.165) is 36.6 Å². The summed E-state index contributed by atoms with van der Waals surface area (Å²) in [6, 6.07) is 15.6. The van der Waals surface area contributed by atoms with Gasteiger partial charge < -0.3 is 23.9 Å². The van der Waals surface area contributed by atoms with E-state index in [1.54, 1.807) is 19.4 Å². The molecule has 2 aromatic carbocycles. The number of hydrogen-bond donors (Lipinski definition) is 1. The molecule has 258 valence electrons. The number of ether oxygens (including phenoxy) is 3. The number of nitrogens with one attached hydrogen (secondary N) is 1. The molecule has 1 aliphatic heterocycles. The van der Waals surface area contributed by atoms with Crippen molar-refractivity contribution >= 4 is 5.91 Å². The first kappa shape index (κ1) is 36.2.